The fourth-order valence-corrected chi connectivity index (χ4v) is 1.40. The van der Waals surface area contributed by atoms with E-state index < -0.39 is 0 Å². The summed E-state index contributed by atoms with van der Waals surface area (Å²) in [6.07, 6.45) is 1.82. The molecule has 4 nitrogen and oxygen atoms in total. The molecule has 2 aromatic rings. The fourth-order valence-electron chi connectivity index (χ4n) is 1.40. The van der Waals surface area contributed by atoms with Crippen LogP contribution in [0, 0.1) is 0 Å². The van der Waals surface area contributed by atoms with Crippen LogP contribution in [0.15, 0.2) is 18.3 Å². The van der Waals surface area contributed by atoms with Crippen molar-refractivity contribution in [3.05, 3.63) is 18.3 Å². The van der Waals surface area contributed by atoms with Crippen LogP contribution in [0.5, 0.6) is 0 Å². The number of hydrogen-bond acceptors (Lipinski definition) is 3. The topological polar surface area (TPSA) is 52.7 Å². The predicted molar refractivity (Wildman–Crippen MR) is 55.2 cm³/mol. The predicted octanol–water partition coefficient (Wildman–Crippen LogP) is 1.65. The van der Waals surface area contributed by atoms with Gasteiger partial charge in [0.15, 0.2) is 0 Å². The molecule has 0 radical (unpaired) electrons. The molecule has 0 aliphatic carbocycles. The maximum atomic E-state index is 3.99. The summed E-state index contributed by atoms with van der Waals surface area (Å²) in [5.41, 5.74) is 3.18. The van der Waals surface area contributed by atoms with Crippen LogP contribution >= 0.6 is 0 Å². The Balaban J connectivity index is 2.70. The van der Waals surface area contributed by atoms with Crippen molar-refractivity contribution in [3.8, 4) is 0 Å². The molecular formula is C9H12N4. The van der Waals surface area contributed by atoms with Gasteiger partial charge >= 0.3 is 0 Å². The van der Waals surface area contributed by atoms with Crippen LogP contribution < -0.4 is 10.6 Å². The zero-order valence-corrected chi connectivity index (χ0v) is 7.68. The third-order valence-electron chi connectivity index (χ3n) is 2.11. The maximum absolute atomic E-state index is 3.99. The molecule has 1 heterocycles. The molecule has 1 aromatic heterocycles. The molecule has 0 spiro atoms. The quantitative estimate of drug-likeness (QED) is 0.652. The average molecular weight is 176 g/mol. The van der Waals surface area contributed by atoms with E-state index in [9.17, 15) is 0 Å². The monoisotopic (exact) mass is 176 g/mol. The largest absolute Gasteiger partial charge is 0.388 e. The van der Waals surface area contributed by atoms with Crippen molar-refractivity contribution in [1.29, 1.82) is 0 Å². The van der Waals surface area contributed by atoms with Gasteiger partial charge < -0.3 is 10.6 Å². The zero-order chi connectivity index (χ0) is 9.26. The first kappa shape index (κ1) is 7.91. The highest BCUT2D eigenvalue weighted by Crippen LogP contribution is 2.25. The van der Waals surface area contributed by atoms with Gasteiger partial charge in [-0.2, -0.15) is 5.10 Å². The first-order chi connectivity index (χ1) is 6.35. The lowest BCUT2D eigenvalue weighted by Gasteiger charge is -2.05. The van der Waals surface area contributed by atoms with Crippen molar-refractivity contribution in [2.24, 2.45) is 0 Å². The lowest BCUT2D eigenvalue weighted by Crippen LogP contribution is -1.93. The van der Waals surface area contributed by atoms with Crippen molar-refractivity contribution in [2.45, 2.75) is 0 Å². The minimum atomic E-state index is 1.04. The van der Waals surface area contributed by atoms with E-state index in [-0.39, 0.29) is 0 Å². The maximum Gasteiger partial charge on any atom is 0.0883 e. The van der Waals surface area contributed by atoms with Gasteiger partial charge in [0, 0.05) is 25.2 Å². The summed E-state index contributed by atoms with van der Waals surface area (Å²) in [7, 11) is 3.80. The fraction of sp³-hybridized carbons (Fsp3) is 0.222. The molecule has 0 unspecified atom stereocenters. The first-order valence-corrected chi connectivity index (χ1v) is 4.18. The lowest BCUT2D eigenvalue weighted by molar-refractivity contribution is 1.12. The third-order valence-corrected chi connectivity index (χ3v) is 2.11. The second kappa shape index (κ2) is 2.97. The van der Waals surface area contributed by atoms with E-state index in [1.807, 2.05) is 26.4 Å². The van der Waals surface area contributed by atoms with Crippen LogP contribution in [0.25, 0.3) is 10.9 Å². The van der Waals surface area contributed by atoms with Gasteiger partial charge in [0.25, 0.3) is 0 Å². The Kier molecular flexibility index (Phi) is 1.81. The molecule has 0 fully saturated rings. The minimum Gasteiger partial charge on any atom is -0.388 e. The number of rotatable bonds is 2. The number of H-pyrrole nitrogens is 1. The number of aromatic amines is 1. The molecule has 0 bridgehead atoms. The Labute approximate surface area is 76.3 Å². The lowest BCUT2D eigenvalue weighted by atomic mass is 10.2. The van der Waals surface area contributed by atoms with E-state index in [1.165, 1.54) is 0 Å². The Morgan fingerprint density at radius 3 is 2.77 bits per heavy atom. The summed E-state index contributed by atoms with van der Waals surface area (Å²) in [5, 5.41) is 14.3. The van der Waals surface area contributed by atoms with Gasteiger partial charge in [-0.25, -0.2) is 0 Å². The van der Waals surface area contributed by atoms with Crippen molar-refractivity contribution in [2.75, 3.05) is 24.7 Å². The Bertz CT molecular complexity index is 418. The molecule has 2 rings (SSSR count). The zero-order valence-electron chi connectivity index (χ0n) is 7.68. The molecule has 0 aliphatic rings. The van der Waals surface area contributed by atoms with Crippen molar-refractivity contribution in [1.82, 2.24) is 10.2 Å². The van der Waals surface area contributed by atoms with E-state index in [4.69, 9.17) is 0 Å². The molecule has 0 amide bonds. The molecule has 0 saturated heterocycles. The van der Waals surface area contributed by atoms with Gasteiger partial charge in [0.05, 0.1) is 17.4 Å². The van der Waals surface area contributed by atoms with E-state index in [1.54, 1.807) is 0 Å². The van der Waals surface area contributed by atoms with E-state index in [0.29, 0.717) is 0 Å². The molecular weight excluding hydrogens is 164 g/mol. The van der Waals surface area contributed by atoms with E-state index >= 15 is 0 Å². The molecule has 13 heavy (non-hydrogen) atoms. The average Bonchev–Trinajstić information content (AvgIpc) is 2.63. The van der Waals surface area contributed by atoms with Gasteiger partial charge in [0.2, 0.25) is 0 Å². The summed E-state index contributed by atoms with van der Waals surface area (Å²) in [6, 6.07) is 4.10. The Morgan fingerprint density at radius 1 is 1.23 bits per heavy atom. The number of nitrogens with one attached hydrogen (secondary N) is 3. The molecule has 1 aromatic carbocycles. The van der Waals surface area contributed by atoms with Crippen LogP contribution in [0.1, 0.15) is 0 Å². The smallest absolute Gasteiger partial charge is 0.0883 e. The second-order valence-corrected chi connectivity index (χ2v) is 2.86. The number of anilines is 2. The second-order valence-electron chi connectivity index (χ2n) is 2.86. The molecule has 68 valence electrons. The molecule has 3 N–H and O–H groups in total. The number of fused-ring (bicyclic) bond motifs is 1. The van der Waals surface area contributed by atoms with Gasteiger partial charge in [0.1, 0.15) is 0 Å². The highest BCUT2D eigenvalue weighted by molar-refractivity contribution is 5.93. The normalized spacial score (nSPS) is 10.3. The van der Waals surface area contributed by atoms with Gasteiger partial charge in [-0.05, 0) is 12.1 Å². The summed E-state index contributed by atoms with van der Waals surface area (Å²) >= 11 is 0. The number of benzene rings is 1. The van der Waals surface area contributed by atoms with Gasteiger partial charge in [-0.15, -0.1) is 0 Å². The van der Waals surface area contributed by atoms with Crippen LogP contribution in [0.3, 0.4) is 0 Å². The van der Waals surface area contributed by atoms with Crippen LogP contribution in [0.4, 0.5) is 11.4 Å². The molecule has 0 atom stereocenters. The summed E-state index contributed by atoms with van der Waals surface area (Å²) in [5.74, 6) is 0. The van der Waals surface area contributed by atoms with E-state index in [0.717, 1.165) is 22.3 Å². The summed E-state index contributed by atoms with van der Waals surface area (Å²) < 4.78 is 0. The van der Waals surface area contributed by atoms with Crippen LogP contribution in [0.2, 0.25) is 0 Å². The van der Waals surface area contributed by atoms with Crippen LogP contribution in [-0.4, -0.2) is 24.3 Å². The molecule has 0 saturated carbocycles. The Morgan fingerprint density at radius 2 is 2.08 bits per heavy atom. The van der Waals surface area contributed by atoms with Crippen molar-refractivity contribution < 1.29 is 0 Å². The molecule has 0 aliphatic heterocycles. The Hall–Kier alpha value is -1.71. The van der Waals surface area contributed by atoms with Gasteiger partial charge in [-0.1, -0.05) is 0 Å². The van der Waals surface area contributed by atoms with Crippen LogP contribution in [-0.2, 0) is 0 Å². The summed E-state index contributed by atoms with van der Waals surface area (Å²) in [6.45, 7) is 0. The van der Waals surface area contributed by atoms with Crippen molar-refractivity contribution in [3.63, 3.8) is 0 Å². The van der Waals surface area contributed by atoms with Gasteiger partial charge in [-0.3, -0.25) is 5.10 Å². The minimum absolute atomic E-state index is 1.04. The van der Waals surface area contributed by atoms with E-state index in [2.05, 4.69) is 26.9 Å². The third kappa shape index (κ3) is 1.20. The number of aromatic nitrogens is 2. The number of nitrogens with zero attached hydrogens (tertiary/aromatic N) is 1. The van der Waals surface area contributed by atoms with Crippen molar-refractivity contribution >= 4 is 22.3 Å². The standard InChI is InChI=1S/C9H12N4/c1-10-7-3-6-5-12-13-9(6)8(4-7)11-2/h3-5,10-11H,1-2H3,(H,12,13). The number of hydrogen-bond donors (Lipinski definition) is 3. The highest BCUT2D eigenvalue weighted by atomic mass is 15.1. The highest BCUT2D eigenvalue weighted by Gasteiger charge is 2.02. The molecule has 4 heteroatoms. The summed E-state index contributed by atoms with van der Waals surface area (Å²) in [4.78, 5) is 0. The SMILES string of the molecule is CNc1cc(NC)c2[nH]ncc2c1. The first-order valence-electron chi connectivity index (χ1n) is 4.18.